The van der Waals surface area contributed by atoms with Crippen molar-refractivity contribution in [2.45, 2.75) is 32.5 Å². The smallest absolute Gasteiger partial charge is 0.389 e. The number of alkyl halides is 3. The maximum absolute atomic E-state index is 12.0. The van der Waals surface area contributed by atoms with Gasteiger partial charge in [-0.05, 0) is 31.0 Å². The van der Waals surface area contributed by atoms with Crippen LogP contribution in [0.2, 0.25) is 0 Å². The molecular formula is C12H15BrF3NO. The molecule has 0 fully saturated rings. The summed E-state index contributed by atoms with van der Waals surface area (Å²) in [6.45, 7) is 2.16. The molecule has 102 valence electrons. The van der Waals surface area contributed by atoms with Crippen LogP contribution < -0.4 is 10.5 Å². The van der Waals surface area contributed by atoms with Crippen LogP contribution in [0.1, 0.15) is 24.0 Å². The van der Waals surface area contributed by atoms with Crippen LogP contribution >= 0.6 is 15.9 Å². The van der Waals surface area contributed by atoms with Gasteiger partial charge in [0.1, 0.15) is 5.75 Å². The summed E-state index contributed by atoms with van der Waals surface area (Å²) in [5.41, 5.74) is 7.23. The predicted molar refractivity (Wildman–Crippen MR) is 67.6 cm³/mol. The summed E-state index contributed by atoms with van der Waals surface area (Å²) < 4.78 is 42.2. The largest absolute Gasteiger partial charge is 0.493 e. The summed E-state index contributed by atoms with van der Waals surface area (Å²) in [7, 11) is 0. The lowest BCUT2D eigenvalue weighted by Gasteiger charge is -2.14. The van der Waals surface area contributed by atoms with E-state index in [1.165, 1.54) is 0 Å². The van der Waals surface area contributed by atoms with Gasteiger partial charge in [-0.25, -0.2) is 0 Å². The number of ether oxygens (including phenoxy) is 1. The average Bonchev–Trinajstić information content (AvgIpc) is 2.24. The van der Waals surface area contributed by atoms with E-state index < -0.39 is 12.6 Å². The molecule has 0 saturated heterocycles. The molecule has 1 aromatic rings. The van der Waals surface area contributed by atoms with Crippen molar-refractivity contribution in [3.8, 4) is 5.75 Å². The second-order valence-corrected chi connectivity index (χ2v) is 4.90. The Morgan fingerprint density at radius 3 is 2.56 bits per heavy atom. The van der Waals surface area contributed by atoms with Gasteiger partial charge in [0, 0.05) is 23.0 Å². The molecule has 0 spiro atoms. The zero-order chi connectivity index (χ0) is 13.8. The van der Waals surface area contributed by atoms with E-state index in [-0.39, 0.29) is 19.6 Å². The number of halogens is 4. The number of nitrogens with two attached hydrogens (primary N) is 1. The van der Waals surface area contributed by atoms with Crippen molar-refractivity contribution < 1.29 is 17.9 Å². The van der Waals surface area contributed by atoms with Crippen LogP contribution in [0, 0.1) is 6.92 Å². The van der Waals surface area contributed by atoms with Gasteiger partial charge in [0.05, 0.1) is 6.61 Å². The maximum atomic E-state index is 12.0. The zero-order valence-corrected chi connectivity index (χ0v) is 11.6. The first kappa shape index (κ1) is 15.3. The first-order valence-electron chi connectivity index (χ1n) is 5.52. The molecule has 0 heterocycles. The standard InChI is InChI=1S/C12H15BrF3NO/c1-8-5-10(13)6-9(7-17)11(8)18-4-2-3-12(14,15)16/h5-6H,2-4,7,17H2,1H3. The average molecular weight is 326 g/mol. The Morgan fingerprint density at radius 2 is 2.00 bits per heavy atom. The molecule has 18 heavy (non-hydrogen) atoms. The monoisotopic (exact) mass is 325 g/mol. The fourth-order valence-corrected chi connectivity index (χ4v) is 2.22. The molecule has 1 aromatic carbocycles. The van der Waals surface area contributed by atoms with E-state index in [1.807, 2.05) is 19.1 Å². The quantitative estimate of drug-likeness (QED) is 0.832. The SMILES string of the molecule is Cc1cc(Br)cc(CN)c1OCCCC(F)(F)F. The minimum atomic E-state index is -4.13. The molecule has 0 atom stereocenters. The molecular weight excluding hydrogens is 311 g/mol. The van der Waals surface area contributed by atoms with Crippen molar-refractivity contribution in [2.75, 3.05) is 6.61 Å². The minimum absolute atomic E-state index is 0.0367. The summed E-state index contributed by atoms with van der Waals surface area (Å²) in [5.74, 6) is 0.586. The summed E-state index contributed by atoms with van der Waals surface area (Å²) in [5, 5.41) is 0. The fraction of sp³-hybridized carbons (Fsp3) is 0.500. The third-order valence-electron chi connectivity index (χ3n) is 2.39. The van der Waals surface area contributed by atoms with Crippen molar-refractivity contribution >= 4 is 15.9 Å². The lowest BCUT2D eigenvalue weighted by atomic mass is 10.1. The van der Waals surface area contributed by atoms with E-state index in [2.05, 4.69) is 15.9 Å². The highest BCUT2D eigenvalue weighted by atomic mass is 79.9. The van der Waals surface area contributed by atoms with E-state index in [4.69, 9.17) is 10.5 Å². The first-order chi connectivity index (χ1) is 8.33. The molecule has 2 N–H and O–H groups in total. The molecule has 0 amide bonds. The molecule has 0 saturated carbocycles. The zero-order valence-electron chi connectivity index (χ0n) is 9.98. The maximum Gasteiger partial charge on any atom is 0.389 e. The van der Waals surface area contributed by atoms with Crippen molar-refractivity contribution in [3.63, 3.8) is 0 Å². The van der Waals surface area contributed by atoms with Gasteiger partial charge in [-0.1, -0.05) is 15.9 Å². The molecule has 0 aromatic heterocycles. The molecule has 0 aliphatic carbocycles. The van der Waals surface area contributed by atoms with Crippen LogP contribution in [-0.2, 0) is 6.54 Å². The van der Waals surface area contributed by atoms with E-state index in [9.17, 15) is 13.2 Å². The number of aryl methyl sites for hydroxylation is 1. The molecule has 0 bridgehead atoms. The van der Waals surface area contributed by atoms with E-state index in [0.29, 0.717) is 5.75 Å². The second kappa shape index (κ2) is 6.43. The Morgan fingerprint density at radius 1 is 1.33 bits per heavy atom. The van der Waals surface area contributed by atoms with Gasteiger partial charge in [0.2, 0.25) is 0 Å². The molecule has 0 aliphatic rings. The molecule has 6 heteroatoms. The molecule has 2 nitrogen and oxygen atoms in total. The summed E-state index contributed by atoms with van der Waals surface area (Å²) in [4.78, 5) is 0. The van der Waals surface area contributed by atoms with Crippen molar-refractivity contribution in [1.29, 1.82) is 0 Å². The Hall–Kier alpha value is -0.750. The molecule has 0 radical (unpaired) electrons. The van der Waals surface area contributed by atoms with E-state index in [0.717, 1.165) is 15.6 Å². The summed E-state index contributed by atoms with van der Waals surface area (Å²) >= 11 is 3.34. The van der Waals surface area contributed by atoms with Gasteiger partial charge in [-0.15, -0.1) is 0 Å². The summed E-state index contributed by atoms with van der Waals surface area (Å²) in [6, 6.07) is 3.66. The van der Waals surface area contributed by atoms with Gasteiger partial charge >= 0.3 is 6.18 Å². The van der Waals surface area contributed by atoms with Crippen LogP contribution in [-0.4, -0.2) is 12.8 Å². The topological polar surface area (TPSA) is 35.2 Å². The van der Waals surface area contributed by atoms with Crippen LogP contribution in [0.25, 0.3) is 0 Å². The van der Waals surface area contributed by atoms with Crippen LogP contribution in [0.3, 0.4) is 0 Å². The van der Waals surface area contributed by atoms with Crippen LogP contribution in [0.15, 0.2) is 16.6 Å². The Labute approximate surface area is 112 Å². The van der Waals surface area contributed by atoms with Crippen LogP contribution in [0.4, 0.5) is 13.2 Å². The Kier molecular flexibility index (Phi) is 5.47. The highest BCUT2D eigenvalue weighted by Gasteiger charge is 2.26. The van der Waals surface area contributed by atoms with Gasteiger partial charge in [0.15, 0.2) is 0 Å². The fourth-order valence-electron chi connectivity index (χ4n) is 1.60. The third kappa shape index (κ3) is 4.86. The number of rotatable bonds is 5. The van der Waals surface area contributed by atoms with Gasteiger partial charge in [0.25, 0.3) is 0 Å². The Balaban J connectivity index is 2.62. The second-order valence-electron chi connectivity index (χ2n) is 3.98. The lowest BCUT2D eigenvalue weighted by Crippen LogP contribution is -2.11. The van der Waals surface area contributed by atoms with Crippen molar-refractivity contribution in [2.24, 2.45) is 5.73 Å². The lowest BCUT2D eigenvalue weighted by molar-refractivity contribution is -0.136. The van der Waals surface area contributed by atoms with Gasteiger partial charge < -0.3 is 10.5 Å². The highest BCUT2D eigenvalue weighted by Crippen LogP contribution is 2.28. The summed E-state index contributed by atoms with van der Waals surface area (Å²) in [6.07, 6.45) is -5.02. The number of benzene rings is 1. The normalized spacial score (nSPS) is 11.7. The first-order valence-corrected chi connectivity index (χ1v) is 6.31. The van der Waals surface area contributed by atoms with E-state index >= 15 is 0 Å². The molecule has 0 aliphatic heterocycles. The van der Waals surface area contributed by atoms with Crippen molar-refractivity contribution in [3.05, 3.63) is 27.7 Å². The van der Waals surface area contributed by atoms with Gasteiger partial charge in [-0.3, -0.25) is 0 Å². The molecule has 0 unspecified atom stereocenters. The molecule has 1 rings (SSSR count). The number of hydrogen-bond donors (Lipinski definition) is 1. The number of hydrogen-bond acceptors (Lipinski definition) is 2. The highest BCUT2D eigenvalue weighted by molar-refractivity contribution is 9.10. The Bertz CT molecular complexity index is 407. The van der Waals surface area contributed by atoms with Gasteiger partial charge in [-0.2, -0.15) is 13.2 Å². The van der Waals surface area contributed by atoms with E-state index in [1.54, 1.807) is 0 Å². The predicted octanol–water partition coefficient (Wildman–Crippen LogP) is 3.94. The van der Waals surface area contributed by atoms with Crippen LogP contribution in [0.5, 0.6) is 5.75 Å². The van der Waals surface area contributed by atoms with Crippen molar-refractivity contribution in [1.82, 2.24) is 0 Å². The third-order valence-corrected chi connectivity index (χ3v) is 2.85. The minimum Gasteiger partial charge on any atom is -0.493 e.